The van der Waals surface area contributed by atoms with Gasteiger partial charge in [0.05, 0.1) is 13.7 Å². The second-order valence-electron chi connectivity index (χ2n) is 6.59. The molecule has 0 saturated carbocycles. The van der Waals surface area contributed by atoms with Gasteiger partial charge in [-0.3, -0.25) is 9.69 Å². The average molecular weight is 358 g/mol. The maximum absolute atomic E-state index is 13.9. The molecule has 140 valence electrons. The number of ether oxygens (including phenoxy) is 1. The van der Waals surface area contributed by atoms with E-state index >= 15 is 0 Å². The van der Waals surface area contributed by atoms with Crippen LogP contribution in [0.25, 0.3) is 0 Å². The number of methoxy groups -OCH3 is 1. The van der Waals surface area contributed by atoms with Gasteiger partial charge in [0, 0.05) is 12.2 Å². The Morgan fingerprint density at radius 3 is 2.35 bits per heavy atom. The molecule has 0 spiro atoms. The Balaban J connectivity index is 2.03. The summed E-state index contributed by atoms with van der Waals surface area (Å²) < 4.78 is 18.8. The van der Waals surface area contributed by atoms with Gasteiger partial charge < -0.3 is 10.1 Å². The minimum absolute atomic E-state index is 0.0733. The Morgan fingerprint density at radius 1 is 1.15 bits per heavy atom. The zero-order valence-corrected chi connectivity index (χ0v) is 16.1. The summed E-state index contributed by atoms with van der Waals surface area (Å²) in [4.78, 5) is 14.4. The van der Waals surface area contributed by atoms with Crippen molar-refractivity contribution >= 4 is 11.6 Å². The molecule has 0 atom stereocenters. The fourth-order valence-corrected chi connectivity index (χ4v) is 3.11. The van der Waals surface area contributed by atoms with Gasteiger partial charge in [0.15, 0.2) is 11.6 Å². The van der Waals surface area contributed by atoms with Gasteiger partial charge in [-0.25, -0.2) is 4.39 Å². The first-order valence-corrected chi connectivity index (χ1v) is 8.76. The lowest BCUT2D eigenvalue weighted by molar-refractivity contribution is -0.117. The number of halogens is 1. The lowest BCUT2D eigenvalue weighted by Gasteiger charge is -2.21. The first-order valence-electron chi connectivity index (χ1n) is 8.76. The minimum atomic E-state index is -0.392. The first kappa shape index (κ1) is 19.9. The number of nitrogens with one attached hydrogen (secondary N) is 1. The van der Waals surface area contributed by atoms with Crippen molar-refractivity contribution in [2.75, 3.05) is 25.5 Å². The van der Waals surface area contributed by atoms with Crippen LogP contribution in [0.5, 0.6) is 5.75 Å². The first-order chi connectivity index (χ1) is 12.3. The highest BCUT2D eigenvalue weighted by atomic mass is 19.1. The van der Waals surface area contributed by atoms with Gasteiger partial charge in [-0.2, -0.15) is 0 Å². The molecule has 0 aliphatic carbocycles. The molecule has 1 N–H and O–H groups in total. The lowest BCUT2D eigenvalue weighted by atomic mass is 10.1. The van der Waals surface area contributed by atoms with Gasteiger partial charge >= 0.3 is 0 Å². The molecule has 0 fully saturated rings. The third-order valence-electron chi connectivity index (χ3n) is 4.38. The number of benzene rings is 2. The van der Waals surface area contributed by atoms with Crippen LogP contribution in [0.1, 0.15) is 29.2 Å². The van der Waals surface area contributed by atoms with E-state index in [0.29, 0.717) is 13.1 Å². The summed E-state index contributed by atoms with van der Waals surface area (Å²) in [6, 6.07) is 8.99. The van der Waals surface area contributed by atoms with Gasteiger partial charge in [0.2, 0.25) is 5.91 Å². The van der Waals surface area contributed by atoms with Crippen LogP contribution in [0.15, 0.2) is 30.3 Å². The molecule has 2 aromatic carbocycles. The highest BCUT2D eigenvalue weighted by molar-refractivity contribution is 5.93. The van der Waals surface area contributed by atoms with Gasteiger partial charge in [-0.15, -0.1) is 0 Å². The third kappa shape index (κ3) is 5.05. The fourth-order valence-electron chi connectivity index (χ4n) is 3.11. The molecule has 5 heteroatoms. The number of hydrogen-bond acceptors (Lipinski definition) is 3. The monoisotopic (exact) mass is 358 g/mol. The summed E-state index contributed by atoms with van der Waals surface area (Å²) in [5.41, 5.74) is 4.95. The summed E-state index contributed by atoms with van der Waals surface area (Å²) >= 11 is 0. The van der Waals surface area contributed by atoms with E-state index in [9.17, 15) is 9.18 Å². The van der Waals surface area contributed by atoms with Crippen molar-refractivity contribution in [3.63, 3.8) is 0 Å². The summed E-state index contributed by atoms with van der Waals surface area (Å²) in [7, 11) is 1.44. The topological polar surface area (TPSA) is 41.6 Å². The Morgan fingerprint density at radius 2 is 1.81 bits per heavy atom. The number of anilines is 1. The predicted octanol–water partition coefficient (Wildman–Crippen LogP) is 4.22. The number of likely N-dealkylation sites (N-methyl/N-ethyl adjacent to an activating group) is 1. The molecule has 1 amide bonds. The second-order valence-corrected chi connectivity index (χ2v) is 6.59. The molecule has 0 aromatic heterocycles. The van der Waals surface area contributed by atoms with E-state index in [2.05, 4.69) is 17.4 Å². The summed E-state index contributed by atoms with van der Waals surface area (Å²) in [5, 5.41) is 3.01. The Kier molecular flexibility index (Phi) is 6.75. The quantitative estimate of drug-likeness (QED) is 0.806. The van der Waals surface area contributed by atoms with Crippen LogP contribution in [0.3, 0.4) is 0 Å². The highest BCUT2D eigenvalue weighted by Crippen LogP contribution is 2.22. The van der Waals surface area contributed by atoms with Crippen molar-refractivity contribution in [3.8, 4) is 5.75 Å². The van der Waals surface area contributed by atoms with Crippen LogP contribution >= 0.6 is 0 Å². The van der Waals surface area contributed by atoms with Crippen LogP contribution in [-0.4, -0.2) is 31.0 Å². The van der Waals surface area contributed by atoms with Gasteiger partial charge in [0.1, 0.15) is 0 Å². The molecule has 4 nitrogen and oxygen atoms in total. The molecule has 0 radical (unpaired) electrons. The molecule has 26 heavy (non-hydrogen) atoms. The minimum Gasteiger partial charge on any atom is -0.494 e. The smallest absolute Gasteiger partial charge is 0.238 e. The summed E-state index contributed by atoms with van der Waals surface area (Å²) in [5.74, 6) is -0.243. The largest absolute Gasteiger partial charge is 0.494 e. The standard InChI is InChI=1S/C21H27FN2O2/c1-6-24(12-17-7-8-19(26-5)18(22)11-17)13-20(25)23-21-15(3)9-14(2)10-16(21)4/h7-11H,6,12-13H2,1-5H3,(H,23,25). The lowest BCUT2D eigenvalue weighted by Crippen LogP contribution is -2.33. The Labute approximate surface area is 155 Å². The molecule has 0 saturated heterocycles. The van der Waals surface area contributed by atoms with E-state index in [1.165, 1.54) is 18.7 Å². The van der Waals surface area contributed by atoms with Crippen molar-refractivity contribution in [1.29, 1.82) is 0 Å². The molecule has 0 heterocycles. The van der Waals surface area contributed by atoms with Crippen LogP contribution in [0.4, 0.5) is 10.1 Å². The van der Waals surface area contributed by atoms with Crippen LogP contribution in [-0.2, 0) is 11.3 Å². The third-order valence-corrected chi connectivity index (χ3v) is 4.38. The summed E-state index contributed by atoms with van der Waals surface area (Å²) in [6.07, 6.45) is 0. The van der Waals surface area contributed by atoms with Gasteiger partial charge in [-0.05, 0) is 56.1 Å². The van der Waals surface area contributed by atoms with E-state index in [0.717, 1.165) is 22.4 Å². The zero-order valence-electron chi connectivity index (χ0n) is 16.1. The van der Waals surface area contributed by atoms with Crippen LogP contribution in [0, 0.1) is 26.6 Å². The molecular formula is C21H27FN2O2. The van der Waals surface area contributed by atoms with E-state index in [4.69, 9.17) is 4.74 Å². The molecule has 0 aliphatic rings. The van der Waals surface area contributed by atoms with Gasteiger partial charge in [0.25, 0.3) is 0 Å². The maximum Gasteiger partial charge on any atom is 0.238 e. The molecular weight excluding hydrogens is 331 g/mol. The number of amides is 1. The average Bonchev–Trinajstić information content (AvgIpc) is 2.57. The SMILES string of the molecule is CCN(CC(=O)Nc1c(C)cc(C)cc1C)Cc1ccc(OC)c(F)c1. The molecule has 0 bridgehead atoms. The van der Waals surface area contributed by atoms with Crippen molar-refractivity contribution in [1.82, 2.24) is 4.90 Å². The number of hydrogen-bond donors (Lipinski definition) is 1. The summed E-state index contributed by atoms with van der Waals surface area (Å²) in [6.45, 7) is 9.44. The Hall–Kier alpha value is -2.40. The van der Waals surface area contributed by atoms with Crippen molar-refractivity contribution < 1.29 is 13.9 Å². The molecule has 0 aliphatic heterocycles. The van der Waals surface area contributed by atoms with Crippen molar-refractivity contribution in [2.24, 2.45) is 0 Å². The molecule has 0 unspecified atom stereocenters. The van der Waals surface area contributed by atoms with E-state index in [-0.39, 0.29) is 18.2 Å². The highest BCUT2D eigenvalue weighted by Gasteiger charge is 2.13. The zero-order chi connectivity index (χ0) is 19.3. The van der Waals surface area contributed by atoms with Crippen molar-refractivity contribution in [2.45, 2.75) is 34.2 Å². The molecule has 2 rings (SSSR count). The van der Waals surface area contributed by atoms with Crippen LogP contribution in [0.2, 0.25) is 0 Å². The second kappa shape index (κ2) is 8.81. The number of aryl methyl sites for hydroxylation is 3. The molecule has 2 aromatic rings. The maximum atomic E-state index is 13.9. The van der Waals surface area contributed by atoms with E-state index in [1.807, 2.05) is 38.7 Å². The van der Waals surface area contributed by atoms with E-state index < -0.39 is 5.82 Å². The van der Waals surface area contributed by atoms with Crippen LogP contribution < -0.4 is 10.1 Å². The number of carbonyl (C=O) groups is 1. The number of carbonyl (C=O) groups excluding carboxylic acids is 1. The normalized spacial score (nSPS) is 10.9. The number of rotatable bonds is 7. The van der Waals surface area contributed by atoms with Gasteiger partial charge in [-0.1, -0.05) is 30.7 Å². The Bertz CT molecular complexity index is 767. The van der Waals surface area contributed by atoms with E-state index in [1.54, 1.807) is 6.07 Å². The number of nitrogens with zero attached hydrogens (tertiary/aromatic N) is 1. The predicted molar refractivity (Wildman–Crippen MR) is 103 cm³/mol. The van der Waals surface area contributed by atoms with Crippen molar-refractivity contribution in [3.05, 3.63) is 58.4 Å². The fraction of sp³-hybridized carbons (Fsp3) is 0.381.